The molecule has 0 aromatic rings. The van der Waals surface area contributed by atoms with Gasteiger partial charge in [-0.15, -0.1) is 0 Å². The average Bonchev–Trinajstić information content (AvgIpc) is 2.33. The Labute approximate surface area is 102 Å². The van der Waals surface area contributed by atoms with Crippen LogP contribution >= 0.6 is 0 Å². The molecule has 1 N–H and O–H groups in total. The Morgan fingerprint density at radius 1 is 1.53 bits per heavy atom. The molecule has 0 saturated carbocycles. The first-order chi connectivity index (χ1) is 7.58. The maximum absolute atomic E-state index is 11.9. The van der Waals surface area contributed by atoms with Crippen molar-refractivity contribution in [3.05, 3.63) is 0 Å². The number of aliphatic hydroxyl groups is 1. The highest BCUT2D eigenvalue weighted by Gasteiger charge is 2.49. The van der Waals surface area contributed by atoms with E-state index in [0.717, 1.165) is 4.90 Å². The Balaban J connectivity index is 2.82. The number of likely N-dealkylation sites (tertiary alicyclic amines) is 1. The standard InChI is InChI=1S/C12H21NO4/c1-11(2,3)17-10(16)13-7-12(4,5)8(6-14)9(13)15/h8,14H,6-7H2,1-5H3. The molecule has 1 aliphatic rings. The fourth-order valence-electron chi connectivity index (χ4n) is 1.91. The number of hydrogen-bond donors (Lipinski definition) is 1. The Kier molecular flexibility index (Phi) is 3.52. The summed E-state index contributed by atoms with van der Waals surface area (Å²) in [5.74, 6) is -0.887. The maximum Gasteiger partial charge on any atom is 0.417 e. The van der Waals surface area contributed by atoms with Crippen LogP contribution in [0, 0.1) is 11.3 Å². The lowest BCUT2D eigenvalue weighted by Gasteiger charge is -2.24. The summed E-state index contributed by atoms with van der Waals surface area (Å²) < 4.78 is 5.16. The van der Waals surface area contributed by atoms with E-state index in [1.165, 1.54) is 0 Å². The topological polar surface area (TPSA) is 66.8 Å². The third-order valence-electron chi connectivity index (χ3n) is 2.87. The minimum atomic E-state index is -0.633. The van der Waals surface area contributed by atoms with E-state index in [1.54, 1.807) is 20.8 Å². The molecular weight excluding hydrogens is 222 g/mol. The number of imide groups is 1. The third kappa shape index (κ3) is 2.97. The van der Waals surface area contributed by atoms with Crippen LogP contribution in [0.3, 0.4) is 0 Å². The van der Waals surface area contributed by atoms with Crippen molar-refractivity contribution in [1.82, 2.24) is 4.90 Å². The van der Waals surface area contributed by atoms with E-state index in [1.807, 2.05) is 13.8 Å². The van der Waals surface area contributed by atoms with Crippen molar-refractivity contribution in [2.24, 2.45) is 11.3 Å². The van der Waals surface area contributed by atoms with Crippen molar-refractivity contribution in [2.75, 3.05) is 13.2 Å². The first-order valence-electron chi connectivity index (χ1n) is 5.74. The van der Waals surface area contributed by atoms with Gasteiger partial charge in [0.05, 0.1) is 12.5 Å². The summed E-state index contributed by atoms with van der Waals surface area (Å²) in [5.41, 5.74) is -1.04. The van der Waals surface area contributed by atoms with Gasteiger partial charge in [0.1, 0.15) is 5.60 Å². The van der Waals surface area contributed by atoms with Crippen LogP contribution in [0.5, 0.6) is 0 Å². The Morgan fingerprint density at radius 3 is 2.41 bits per heavy atom. The Hall–Kier alpha value is -1.10. The molecule has 1 unspecified atom stereocenters. The van der Waals surface area contributed by atoms with E-state index < -0.39 is 23.0 Å². The summed E-state index contributed by atoms with van der Waals surface area (Å²) in [4.78, 5) is 24.9. The van der Waals surface area contributed by atoms with Gasteiger partial charge in [-0.3, -0.25) is 4.79 Å². The van der Waals surface area contributed by atoms with Crippen LogP contribution in [0.1, 0.15) is 34.6 Å². The highest BCUT2D eigenvalue weighted by molar-refractivity contribution is 5.95. The second kappa shape index (κ2) is 4.29. The van der Waals surface area contributed by atoms with E-state index in [4.69, 9.17) is 4.74 Å². The smallest absolute Gasteiger partial charge is 0.417 e. The molecule has 1 aliphatic heterocycles. The van der Waals surface area contributed by atoms with Crippen molar-refractivity contribution in [2.45, 2.75) is 40.2 Å². The van der Waals surface area contributed by atoms with E-state index in [9.17, 15) is 14.7 Å². The third-order valence-corrected chi connectivity index (χ3v) is 2.87. The number of carbonyl (C=O) groups excluding carboxylic acids is 2. The van der Waals surface area contributed by atoms with E-state index in [0.29, 0.717) is 0 Å². The molecule has 1 fully saturated rings. The largest absolute Gasteiger partial charge is 0.443 e. The van der Waals surface area contributed by atoms with Gasteiger partial charge in [0.2, 0.25) is 5.91 Å². The summed E-state index contributed by atoms with van der Waals surface area (Å²) in [6.07, 6.45) is -0.633. The molecule has 98 valence electrons. The summed E-state index contributed by atoms with van der Waals surface area (Å²) in [6.45, 7) is 9.00. The molecule has 0 spiro atoms. The van der Waals surface area contributed by atoms with Crippen LogP contribution in [0.25, 0.3) is 0 Å². The van der Waals surface area contributed by atoms with Crippen molar-refractivity contribution >= 4 is 12.0 Å². The van der Waals surface area contributed by atoms with Crippen LogP contribution in [-0.2, 0) is 9.53 Å². The van der Waals surface area contributed by atoms with Crippen LogP contribution < -0.4 is 0 Å². The van der Waals surface area contributed by atoms with Crippen molar-refractivity contribution in [1.29, 1.82) is 0 Å². The summed E-state index contributed by atoms with van der Waals surface area (Å²) in [5, 5.41) is 9.20. The number of aliphatic hydroxyl groups excluding tert-OH is 1. The first kappa shape index (κ1) is 14.0. The number of carbonyl (C=O) groups is 2. The number of hydrogen-bond acceptors (Lipinski definition) is 4. The molecule has 0 aliphatic carbocycles. The molecular formula is C12H21NO4. The zero-order chi connectivity index (χ0) is 13.4. The van der Waals surface area contributed by atoms with Gasteiger partial charge < -0.3 is 9.84 Å². The molecule has 1 rings (SSSR count). The minimum absolute atomic E-state index is 0.245. The lowest BCUT2D eigenvalue weighted by Crippen LogP contribution is -2.39. The molecule has 1 heterocycles. The molecule has 5 heteroatoms. The van der Waals surface area contributed by atoms with Gasteiger partial charge in [-0.25, -0.2) is 9.69 Å². The molecule has 1 saturated heterocycles. The normalized spacial score (nSPS) is 24.0. The molecule has 2 amide bonds. The zero-order valence-corrected chi connectivity index (χ0v) is 11.1. The number of nitrogens with zero attached hydrogens (tertiary/aromatic N) is 1. The van der Waals surface area contributed by atoms with Crippen LogP contribution in [-0.4, -0.2) is 40.8 Å². The zero-order valence-electron chi connectivity index (χ0n) is 11.1. The fraction of sp³-hybridized carbons (Fsp3) is 0.833. The minimum Gasteiger partial charge on any atom is -0.443 e. The maximum atomic E-state index is 11.9. The van der Waals surface area contributed by atoms with Gasteiger partial charge in [-0.2, -0.15) is 0 Å². The van der Waals surface area contributed by atoms with Gasteiger partial charge in [0.25, 0.3) is 0 Å². The molecule has 17 heavy (non-hydrogen) atoms. The van der Waals surface area contributed by atoms with Gasteiger partial charge in [0, 0.05) is 6.54 Å². The molecule has 0 radical (unpaired) electrons. The molecule has 1 atom stereocenters. The Morgan fingerprint density at radius 2 is 2.06 bits per heavy atom. The predicted octanol–water partition coefficient (Wildman–Crippen LogP) is 1.40. The van der Waals surface area contributed by atoms with Gasteiger partial charge >= 0.3 is 6.09 Å². The molecule has 0 aromatic heterocycles. The highest BCUT2D eigenvalue weighted by Crippen LogP contribution is 2.36. The van der Waals surface area contributed by atoms with E-state index in [2.05, 4.69) is 0 Å². The number of rotatable bonds is 1. The monoisotopic (exact) mass is 243 g/mol. The van der Waals surface area contributed by atoms with Gasteiger partial charge in [-0.05, 0) is 26.2 Å². The average molecular weight is 243 g/mol. The van der Waals surface area contributed by atoms with E-state index >= 15 is 0 Å². The van der Waals surface area contributed by atoms with Crippen LogP contribution in [0.4, 0.5) is 4.79 Å². The van der Waals surface area contributed by atoms with E-state index in [-0.39, 0.29) is 19.1 Å². The first-order valence-corrected chi connectivity index (χ1v) is 5.74. The Bertz CT molecular complexity index is 330. The quantitative estimate of drug-likeness (QED) is 0.756. The van der Waals surface area contributed by atoms with Crippen LogP contribution in [0.2, 0.25) is 0 Å². The highest BCUT2D eigenvalue weighted by atomic mass is 16.6. The summed E-state index contributed by atoms with van der Waals surface area (Å²) in [7, 11) is 0. The number of amides is 2. The van der Waals surface area contributed by atoms with Crippen molar-refractivity contribution in [3.8, 4) is 0 Å². The summed E-state index contributed by atoms with van der Waals surface area (Å²) >= 11 is 0. The second-order valence-electron chi connectivity index (χ2n) is 6.13. The molecule has 0 bridgehead atoms. The van der Waals surface area contributed by atoms with Crippen molar-refractivity contribution in [3.63, 3.8) is 0 Å². The molecule has 5 nitrogen and oxygen atoms in total. The van der Waals surface area contributed by atoms with Gasteiger partial charge in [-0.1, -0.05) is 13.8 Å². The summed E-state index contributed by atoms with van der Waals surface area (Å²) in [6, 6.07) is 0. The fourth-order valence-corrected chi connectivity index (χ4v) is 1.91. The SMILES string of the molecule is CC(C)(C)OC(=O)N1CC(C)(C)C(CO)C1=O. The second-order valence-corrected chi connectivity index (χ2v) is 6.13. The predicted molar refractivity (Wildman–Crippen MR) is 62.3 cm³/mol. The lowest BCUT2D eigenvalue weighted by molar-refractivity contribution is -0.131. The molecule has 0 aromatic carbocycles. The van der Waals surface area contributed by atoms with Crippen molar-refractivity contribution < 1.29 is 19.4 Å². The lowest BCUT2D eigenvalue weighted by atomic mass is 9.82. The number of ether oxygens (including phenoxy) is 1. The van der Waals surface area contributed by atoms with Crippen LogP contribution in [0.15, 0.2) is 0 Å². The van der Waals surface area contributed by atoms with Gasteiger partial charge in [0.15, 0.2) is 0 Å².